The Morgan fingerprint density at radius 3 is 2.37 bits per heavy atom. The molecule has 0 aliphatic carbocycles. The number of aromatic nitrogens is 2. The molecule has 148 valence electrons. The highest BCUT2D eigenvalue weighted by molar-refractivity contribution is 5.92. The van der Waals surface area contributed by atoms with Crippen molar-refractivity contribution in [2.45, 2.75) is 25.8 Å². The first-order chi connectivity index (χ1) is 13.1. The van der Waals surface area contributed by atoms with Crippen LogP contribution in [0.2, 0.25) is 0 Å². The van der Waals surface area contributed by atoms with Crippen molar-refractivity contribution in [2.75, 3.05) is 58.2 Å². The minimum Gasteiger partial charge on any atom is -0.450 e. The fourth-order valence-electron chi connectivity index (χ4n) is 3.31. The summed E-state index contributed by atoms with van der Waals surface area (Å²) >= 11 is 0. The predicted molar refractivity (Wildman–Crippen MR) is 101 cm³/mol. The summed E-state index contributed by atoms with van der Waals surface area (Å²) in [6.45, 7) is 6.71. The molecular formula is C18H28N6O3. The molecule has 1 aromatic rings. The molecule has 1 N–H and O–H groups in total. The monoisotopic (exact) mass is 376 g/mol. The third-order valence-electron chi connectivity index (χ3n) is 5.03. The Kier molecular flexibility index (Phi) is 6.44. The topological polar surface area (TPSA) is 90.9 Å². The smallest absolute Gasteiger partial charge is 0.409 e. The van der Waals surface area contributed by atoms with Gasteiger partial charge in [0.2, 0.25) is 0 Å². The molecule has 0 spiro atoms. The van der Waals surface area contributed by atoms with Gasteiger partial charge in [-0.05, 0) is 26.8 Å². The molecule has 0 radical (unpaired) electrons. The van der Waals surface area contributed by atoms with E-state index in [4.69, 9.17) is 4.74 Å². The molecule has 0 saturated carbocycles. The van der Waals surface area contributed by atoms with Crippen molar-refractivity contribution in [1.29, 1.82) is 0 Å². The van der Waals surface area contributed by atoms with Gasteiger partial charge in [-0.25, -0.2) is 14.8 Å². The van der Waals surface area contributed by atoms with Crippen LogP contribution in [0.4, 0.5) is 10.6 Å². The number of nitrogens with one attached hydrogen (secondary N) is 1. The van der Waals surface area contributed by atoms with E-state index in [2.05, 4.69) is 27.2 Å². The van der Waals surface area contributed by atoms with Crippen LogP contribution < -0.4 is 5.32 Å². The quantitative estimate of drug-likeness (QED) is 0.835. The van der Waals surface area contributed by atoms with E-state index in [0.717, 1.165) is 39.0 Å². The molecule has 2 aliphatic heterocycles. The Balaban J connectivity index is 1.48. The fourth-order valence-corrected chi connectivity index (χ4v) is 3.31. The summed E-state index contributed by atoms with van der Waals surface area (Å²) in [7, 11) is 2.05. The largest absolute Gasteiger partial charge is 0.450 e. The zero-order valence-corrected chi connectivity index (χ0v) is 16.1. The van der Waals surface area contributed by atoms with Crippen LogP contribution in [0, 0.1) is 0 Å². The Hall–Kier alpha value is -2.42. The van der Waals surface area contributed by atoms with E-state index in [0.29, 0.717) is 31.2 Å². The number of rotatable bonds is 4. The van der Waals surface area contributed by atoms with Gasteiger partial charge in [0.05, 0.1) is 19.0 Å². The van der Waals surface area contributed by atoms with Gasteiger partial charge in [-0.2, -0.15) is 0 Å². The standard InChI is InChI=1S/C18H28N6O3/c1-3-27-18(26)24-6-4-14(5-7-24)21-16-13-19-15(12-20-16)17(25)23-10-8-22(2)9-11-23/h12-14H,3-11H2,1-2H3,(H,20,21). The van der Waals surface area contributed by atoms with E-state index < -0.39 is 0 Å². The maximum atomic E-state index is 12.5. The van der Waals surface area contributed by atoms with Crippen LogP contribution in [-0.2, 0) is 4.74 Å². The molecule has 9 heteroatoms. The zero-order chi connectivity index (χ0) is 19.2. The third-order valence-corrected chi connectivity index (χ3v) is 5.03. The molecule has 3 rings (SSSR count). The van der Waals surface area contributed by atoms with Crippen molar-refractivity contribution in [2.24, 2.45) is 0 Å². The predicted octanol–water partition coefficient (Wildman–Crippen LogP) is 0.897. The summed E-state index contributed by atoms with van der Waals surface area (Å²) in [6, 6.07) is 0.226. The number of ether oxygens (including phenoxy) is 1. The third kappa shape index (κ3) is 5.06. The van der Waals surface area contributed by atoms with Gasteiger partial charge in [0.15, 0.2) is 0 Å². The average Bonchev–Trinajstić information content (AvgIpc) is 2.69. The highest BCUT2D eigenvalue weighted by atomic mass is 16.6. The summed E-state index contributed by atoms with van der Waals surface area (Å²) in [5.41, 5.74) is 0.377. The van der Waals surface area contributed by atoms with Gasteiger partial charge >= 0.3 is 6.09 Å². The lowest BCUT2D eigenvalue weighted by atomic mass is 10.1. The second-order valence-electron chi connectivity index (χ2n) is 6.99. The van der Waals surface area contributed by atoms with Crippen molar-refractivity contribution in [3.8, 4) is 0 Å². The summed E-state index contributed by atoms with van der Waals surface area (Å²) in [5.74, 6) is 0.587. The van der Waals surface area contributed by atoms with E-state index in [1.165, 1.54) is 6.20 Å². The van der Waals surface area contributed by atoms with Crippen LogP contribution in [0.5, 0.6) is 0 Å². The molecule has 0 bridgehead atoms. The lowest BCUT2D eigenvalue weighted by Gasteiger charge is -2.32. The number of carbonyl (C=O) groups is 2. The van der Waals surface area contributed by atoms with Crippen LogP contribution in [-0.4, -0.2) is 95.6 Å². The highest BCUT2D eigenvalue weighted by Gasteiger charge is 2.24. The van der Waals surface area contributed by atoms with E-state index in [1.807, 2.05) is 11.8 Å². The SMILES string of the molecule is CCOC(=O)N1CCC(Nc2cnc(C(=O)N3CCN(C)CC3)cn2)CC1. The molecule has 2 fully saturated rings. The number of hydrogen-bond donors (Lipinski definition) is 1. The number of amides is 2. The molecule has 0 aromatic carbocycles. The van der Waals surface area contributed by atoms with E-state index in [1.54, 1.807) is 11.1 Å². The van der Waals surface area contributed by atoms with E-state index in [9.17, 15) is 9.59 Å². The lowest BCUT2D eigenvalue weighted by molar-refractivity contribution is 0.0657. The molecule has 0 atom stereocenters. The maximum Gasteiger partial charge on any atom is 0.409 e. The van der Waals surface area contributed by atoms with Crippen LogP contribution in [0.25, 0.3) is 0 Å². The minimum atomic E-state index is -0.248. The van der Waals surface area contributed by atoms with Gasteiger partial charge in [0.1, 0.15) is 11.5 Å². The maximum absolute atomic E-state index is 12.5. The molecule has 2 amide bonds. The average molecular weight is 376 g/mol. The molecular weight excluding hydrogens is 348 g/mol. The lowest BCUT2D eigenvalue weighted by Crippen LogP contribution is -2.47. The van der Waals surface area contributed by atoms with Crippen LogP contribution in [0.1, 0.15) is 30.3 Å². The van der Waals surface area contributed by atoms with Gasteiger partial charge in [0, 0.05) is 45.3 Å². The summed E-state index contributed by atoms with van der Waals surface area (Å²) < 4.78 is 5.03. The Morgan fingerprint density at radius 1 is 1.07 bits per heavy atom. The molecule has 3 heterocycles. The van der Waals surface area contributed by atoms with Crippen molar-refractivity contribution >= 4 is 17.8 Å². The molecule has 9 nitrogen and oxygen atoms in total. The Bertz CT molecular complexity index is 637. The van der Waals surface area contributed by atoms with Crippen molar-refractivity contribution in [3.63, 3.8) is 0 Å². The summed E-state index contributed by atoms with van der Waals surface area (Å²) in [4.78, 5) is 38.6. The van der Waals surface area contributed by atoms with Crippen molar-refractivity contribution in [1.82, 2.24) is 24.7 Å². The molecule has 27 heavy (non-hydrogen) atoms. The van der Waals surface area contributed by atoms with Crippen molar-refractivity contribution in [3.05, 3.63) is 18.1 Å². The number of likely N-dealkylation sites (tertiary alicyclic amines) is 1. The Labute approximate surface area is 159 Å². The first-order valence-electron chi connectivity index (χ1n) is 9.55. The number of anilines is 1. The number of likely N-dealkylation sites (N-methyl/N-ethyl adjacent to an activating group) is 1. The molecule has 1 aromatic heterocycles. The molecule has 2 saturated heterocycles. The molecule has 2 aliphatic rings. The van der Waals surface area contributed by atoms with Gasteiger partial charge in [-0.15, -0.1) is 0 Å². The normalized spacial score (nSPS) is 19.0. The van der Waals surface area contributed by atoms with E-state index >= 15 is 0 Å². The van der Waals surface area contributed by atoms with Crippen LogP contribution >= 0.6 is 0 Å². The first-order valence-corrected chi connectivity index (χ1v) is 9.55. The number of nitrogens with zero attached hydrogens (tertiary/aromatic N) is 5. The number of carbonyl (C=O) groups excluding carboxylic acids is 2. The van der Waals surface area contributed by atoms with Crippen LogP contribution in [0.15, 0.2) is 12.4 Å². The van der Waals surface area contributed by atoms with E-state index in [-0.39, 0.29) is 18.0 Å². The number of piperazine rings is 1. The minimum absolute atomic E-state index is 0.0649. The zero-order valence-electron chi connectivity index (χ0n) is 16.1. The first kappa shape index (κ1) is 19.3. The van der Waals surface area contributed by atoms with Gasteiger partial charge in [-0.1, -0.05) is 0 Å². The number of hydrogen-bond acceptors (Lipinski definition) is 7. The number of piperidine rings is 1. The highest BCUT2D eigenvalue weighted by Crippen LogP contribution is 2.16. The second-order valence-corrected chi connectivity index (χ2v) is 6.99. The van der Waals surface area contributed by atoms with Gasteiger partial charge in [-0.3, -0.25) is 4.79 Å². The molecule has 0 unspecified atom stereocenters. The Morgan fingerprint density at radius 2 is 1.78 bits per heavy atom. The van der Waals surface area contributed by atoms with Crippen LogP contribution in [0.3, 0.4) is 0 Å². The summed E-state index contributed by atoms with van der Waals surface area (Å²) in [6.07, 6.45) is 4.55. The van der Waals surface area contributed by atoms with Crippen molar-refractivity contribution < 1.29 is 14.3 Å². The summed E-state index contributed by atoms with van der Waals surface area (Å²) in [5, 5.41) is 3.34. The van der Waals surface area contributed by atoms with Gasteiger partial charge in [0.25, 0.3) is 5.91 Å². The van der Waals surface area contributed by atoms with Gasteiger partial charge < -0.3 is 24.8 Å². The fraction of sp³-hybridized carbons (Fsp3) is 0.667. The second kappa shape index (κ2) is 8.98.